The third kappa shape index (κ3) is 6.69. The first-order valence-electron chi connectivity index (χ1n) is 17.1. The highest BCUT2D eigenvalue weighted by atomic mass is 16.5. The van der Waals surface area contributed by atoms with Gasteiger partial charge in [-0.15, -0.1) is 0 Å². The molecule has 2 amide bonds. The third-order valence-corrected chi connectivity index (χ3v) is 9.70. The average Bonchev–Trinajstić information content (AvgIpc) is 3.31. The smallest absolute Gasteiger partial charge is 0.243 e. The Balaban J connectivity index is 1.39. The number of ether oxygens (including phenoxy) is 3. The van der Waals surface area contributed by atoms with Crippen LogP contribution in [0.1, 0.15) is 80.9 Å². The van der Waals surface area contributed by atoms with Crippen LogP contribution in [-0.2, 0) is 22.4 Å². The highest BCUT2D eigenvalue weighted by Gasteiger charge is 2.31. The molecule has 4 N–H and O–H groups in total. The van der Waals surface area contributed by atoms with Gasteiger partial charge >= 0.3 is 0 Å². The lowest BCUT2D eigenvalue weighted by Gasteiger charge is -2.27. The van der Waals surface area contributed by atoms with Crippen molar-refractivity contribution in [1.29, 1.82) is 0 Å². The maximum absolute atomic E-state index is 14.0. The monoisotopic (exact) mass is 666 g/mol. The Kier molecular flexibility index (Phi) is 9.85. The fourth-order valence-electron chi connectivity index (χ4n) is 7.55. The predicted octanol–water partition coefficient (Wildman–Crippen LogP) is 6.36. The molecule has 258 valence electrons. The van der Waals surface area contributed by atoms with Crippen LogP contribution in [0.25, 0.3) is 22.0 Å². The second-order valence-electron chi connectivity index (χ2n) is 13.4. The molecule has 10 heteroatoms. The number of anilines is 1. The van der Waals surface area contributed by atoms with Crippen molar-refractivity contribution < 1.29 is 23.8 Å². The van der Waals surface area contributed by atoms with E-state index in [1.54, 1.807) is 33.5 Å². The molecule has 0 bridgehead atoms. The van der Waals surface area contributed by atoms with E-state index in [9.17, 15) is 14.4 Å². The fraction of sp³-hybridized carbons (Fsp3) is 0.410. The summed E-state index contributed by atoms with van der Waals surface area (Å²) < 4.78 is 17.3. The van der Waals surface area contributed by atoms with E-state index in [4.69, 9.17) is 14.2 Å². The van der Waals surface area contributed by atoms with E-state index in [0.717, 1.165) is 47.2 Å². The van der Waals surface area contributed by atoms with Gasteiger partial charge in [-0.05, 0) is 91.0 Å². The summed E-state index contributed by atoms with van der Waals surface area (Å²) in [6, 6.07) is 14.1. The number of benzene rings is 2. The van der Waals surface area contributed by atoms with Crippen LogP contribution in [0.15, 0.2) is 53.3 Å². The molecular weight excluding hydrogens is 620 g/mol. The first-order chi connectivity index (χ1) is 23.6. The van der Waals surface area contributed by atoms with Gasteiger partial charge in [0.1, 0.15) is 6.04 Å². The molecule has 0 fully saturated rings. The van der Waals surface area contributed by atoms with E-state index in [0.29, 0.717) is 47.8 Å². The van der Waals surface area contributed by atoms with Crippen LogP contribution in [-0.4, -0.2) is 44.2 Å². The average molecular weight is 667 g/mol. The van der Waals surface area contributed by atoms with Crippen LogP contribution in [0, 0.1) is 5.92 Å². The highest BCUT2D eigenvalue weighted by Crippen LogP contribution is 2.50. The van der Waals surface area contributed by atoms with E-state index >= 15 is 0 Å². The summed E-state index contributed by atoms with van der Waals surface area (Å²) in [5.74, 6) is 1.29. The minimum atomic E-state index is -0.651. The van der Waals surface area contributed by atoms with E-state index in [-0.39, 0.29) is 29.2 Å². The van der Waals surface area contributed by atoms with Crippen molar-refractivity contribution in [3.63, 3.8) is 0 Å². The Labute approximate surface area is 286 Å². The normalized spacial score (nSPS) is 17.2. The quantitative estimate of drug-likeness (QED) is 0.155. The number of hydrogen-bond donors (Lipinski definition) is 4. The van der Waals surface area contributed by atoms with Gasteiger partial charge in [0.15, 0.2) is 11.5 Å². The lowest BCUT2D eigenvalue weighted by molar-refractivity contribution is -0.123. The van der Waals surface area contributed by atoms with Crippen molar-refractivity contribution >= 4 is 28.4 Å². The molecule has 2 aliphatic rings. The Bertz CT molecular complexity index is 1950. The number of carbonyl (C=O) groups is 2. The predicted molar refractivity (Wildman–Crippen MR) is 192 cm³/mol. The largest absolute Gasteiger partial charge is 0.493 e. The number of methoxy groups -OCH3 is 3. The van der Waals surface area contributed by atoms with E-state index in [2.05, 4.69) is 46.9 Å². The van der Waals surface area contributed by atoms with Gasteiger partial charge in [0.2, 0.25) is 23.0 Å². The molecule has 1 heterocycles. The Morgan fingerprint density at radius 2 is 1.69 bits per heavy atom. The first-order valence-corrected chi connectivity index (χ1v) is 17.1. The summed E-state index contributed by atoms with van der Waals surface area (Å²) in [5.41, 5.74) is 6.52. The number of para-hydroxylation sites is 1. The van der Waals surface area contributed by atoms with Gasteiger partial charge in [-0.1, -0.05) is 38.1 Å². The van der Waals surface area contributed by atoms with E-state index in [1.807, 2.05) is 24.3 Å². The number of fused-ring (bicyclic) bond motifs is 6. The molecule has 0 saturated heterocycles. The number of carbonyl (C=O) groups excluding carboxylic acids is 2. The molecule has 3 aromatic carbocycles. The maximum atomic E-state index is 14.0. The molecular formula is C39H46N4O6. The molecule has 2 aliphatic carbocycles. The van der Waals surface area contributed by atoms with Gasteiger partial charge in [-0.25, -0.2) is 0 Å². The number of H-pyrrole nitrogens is 1. The molecule has 10 nitrogen and oxygen atoms in total. The molecule has 0 aliphatic heterocycles. The second-order valence-corrected chi connectivity index (χ2v) is 13.4. The number of rotatable bonds is 10. The highest BCUT2D eigenvalue weighted by molar-refractivity contribution is 5.88. The standard InChI is InChI=1S/C39H46N4O6/c1-21(2)18-32(39(46)43-31-13-9-11-26-24-10-7-8-12-28(24)42-36(26)31)41-30-17-15-25-27(20-33(30)45)29(40-22(3)44)16-14-23-19-34(47-4)37(48-5)38(49-6)35(23)25/h7-8,10,12,15,17,19-21,29,31-32,42H,9,11,13-14,16,18H2,1-6H3,(H,40,44)(H,41,45)(H,43,46)/t29-,31?,32-/m0/s1. The number of hydrogen-bond acceptors (Lipinski definition) is 7. The van der Waals surface area contributed by atoms with Crippen molar-refractivity contribution in [2.75, 3.05) is 26.6 Å². The molecule has 4 aromatic rings. The fourth-order valence-corrected chi connectivity index (χ4v) is 7.55. The zero-order chi connectivity index (χ0) is 34.8. The van der Waals surface area contributed by atoms with Crippen LogP contribution in [0.5, 0.6) is 17.2 Å². The number of aromatic amines is 1. The van der Waals surface area contributed by atoms with Crippen LogP contribution in [0.3, 0.4) is 0 Å². The number of amides is 2. The second kappa shape index (κ2) is 14.2. The van der Waals surface area contributed by atoms with Crippen LogP contribution in [0.2, 0.25) is 0 Å². The Morgan fingerprint density at radius 3 is 2.41 bits per heavy atom. The molecule has 0 radical (unpaired) electrons. The zero-order valence-corrected chi connectivity index (χ0v) is 29.1. The van der Waals surface area contributed by atoms with Gasteiger partial charge in [-0.3, -0.25) is 14.4 Å². The maximum Gasteiger partial charge on any atom is 0.243 e. The lowest BCUT2D eigenvalue weighted by Crippen LogP contribution is -2.43. The molecule has 0 saturated carbocycles. The topological polar surface area (TPSA) is 131 Å². The van der Waals surface area contributed by atoms with Crippen molar-refractivity contribution in [3.8, 4) is 28.4 Å². The summed E-state index contributed by atoms with van der Waals surface area (Å²) in [6.45, 7) is 5.59. The first kappa shape index (κ1) is 33.9. The van der Waals surface area contributed by atoms with E-state index in [1.165, 1.54) is 17.9 Å². The van der Waals surface area contributed by atoms with Gasteiger partial charge in [-0.2, -0.15) is 0 Å². The van der Waals surface area contributed by atoms with E-state index < -0.39 is 12.1 Å². The Hall–Kier alpha value is -4.99. The number of aromatic nitrogens is 1. The summed E-state index contributed by atoms with van der Waals surface area (Å²) in [7, 11) is 4.70. The summed E-state index contributed by atoms with van der Waals surface area (Å²) in [5, 5.41) is 10.9. The van der Waals surface area contributed by atoms with Gasteiger partial charge < -0.3 is 35.1 Å². The molecule has 49 heavy (non-hydrogen) atoms. The van der Waals surface area contributed by atoms with Crippen LogP contribution >= 0.6 is 0 Å². The SMILES string of the molecule is COc1cc2c(c(OC)c1OC)-c1ccc(N[C@@H](CC(C)C)C(=O)NC3CCCc4c3[nH]c3ccccc43)c(=O)cc1[C@@H](NC(C)=O)CC2. The van der Waals surface area contributed by atoms with Crippen molar-refractivity contribution in [1.82, 2.24) is 15.6 Å². The van der Waals surface area contributed by atoms with Crippen LogP contribution < -0.4 is 35.6 Å². The molecule has 6 rings (SSSR count). The van der Waals surface area contributed by atoms with Crippen molar-refractivity contribution in [2.24, 2.45) is 5.92 Å². The van der Waals surface area contributed by atoms with Gasteiger partial charge in [0, 0.05) is 29.1 Å². The van der Waals surface area contributed by atoms with Crippen molar-refractivity contribution in [2.45, 2.75) is 77.4 Å². The summed E-state index contributed by atoms with van der Waals surface area (Å²) in [6.07, 6.45) is 4.46. The minimum Gasteiger partial charge on any atom is -0.493 e. The minimum absolute atomic E-state index is 0.149. The molecule has 3 atom stereocenters. The van der Waals surface area contributed by atoms with Crippen molar-refractivity contribution in [3.05, 3.63) is 81.1 Å². The lowest BCUT2D eigenvalue weighted by atomic mass is 9.91. The third-order valence-electron chi connectivity index (χ3n) is 9.70. The van der Waals surface area contributed by atoms with Crippen LogP contribution in [0.4, 0.5) is 5.69 Å². The molecule has 1 aromatic heterocycles. The summed E-state index contributed by atoms with van der Waals surface area (Å²) >= 11 is 0. The Morgan fingerprint density at radius 1 is 0.918 bits per heavy atom. The van der Waals surface area contributed by atoms with Gasteiger partial charge in [0.25, 0.3) is 0 Å². The number of aryl methyl sites for hydroxylation is 2. The molecule has 0 spiro atoms. The zero-order valence-electron chi connectivity index (χ0n) is 29.1. The summed E-state index contributed by atoms with van der Waals surface area (Å²) in [4.78, 5) is 44.0. The molecule has 1 unspecified atom stereocenters. The van der Waals surface area contributed by atoms with Gasteiger partial charge in [0.05, 0.1) is 39.1 Å². The number of nitrogens with one attached hydrogen (secondary N) is 4.